The van der Waals surface area contributed by atoms with E-state index in [2.05, 4.69) is 20.3 Å². The minimum atomic E-state index is -4.66. The van der Waals surface area contributed by atoms with E-state index in [4.69, 9.17) is 14.9 Å². The maximum Gasteiger partial charge on any atom is 0.433 e. The number of alkyl halides is 3. The number of nitrogens with two attached hydrogens (primary N) is 1. The van der Waals surface area contributed by atoms with Crippen LogP contribution in [-0.2, 0) is 11.0 Å². The van der Waals surface area contributed by atoms with Crippen molar-refractivity contribution < 1.29 is 31.9 Å². The third kappa shape index (κ3) is 5.20. The normalized spacial score (nSPS) is 18.0. The fourth-order valence-corrected chi connectivity index (χ4v) is 5.05. The Morgan fingerprint density at radius 3 is 2.59 bits per heavy atom. The predicted molar refractivity (Wildman–Crippen MR) is 142 cm³/mol. The number of nitrogens with one attached hydrogen (secondary N) is 1. The first-order chi connectivity index (χ1) is 19.5. The largest absolute Gasteiger partial charge is 0.494 e. The van der Waals surface area contributed by atoms with Gasteiger partial charge >= 0.3 is 6.18 Å². The molecule has 2 amide bonds. The number of aromatic nitrogens is 3. The lowest BCUT2D eigenvalue weighted by molar-refractivity contribution is -0.141. The van der Waals surface area contributed by atoms with Crippen molar-refractivity contribution >= 4 is 22.7 Å². The van der Waals surface area contributed by atoms with Gasteiger partial charge in [-0.1, -0.05) is 6.07 Å². The van der Waals surface area contributed by atoms with Crippen LogP contribution in [0.3, 0.4) is 0 Å². The second kappa shape index (κ2) is 10.8. The Morgan fingerprint density at radius 1 is 1.17 bits per heavy atom. The molecule has 0 saturated carbocycles. The van der Waals surface area contributed by atoms with Gasteiger partial charge in [-0.15, -0.1) is 0 Å². The van der Waals surface area contributed by atoms with Crippen LogP contribution in [0, 0.1) is 0 Å². The van der Waals surface area contributed by atoms with Crippen molar-refractivity contribution in [3.63, 3.8) is 0 Å². The number of benzene rings is 1. The van der Waals surface area contributed by atoms with E-state index in [0.29, 0.717) is 12.0 Å². The molecule has 0 bridgehead atoms. The number of halogens is 3. The molecule has 0 radical (unpaired) electrons. The maximum absolute atomic E-state index is 13.9. The molecule has 10 nitrogen and oxygen atoms in total. The molecule has 1 unspecified atom stereocenters. The lowest BCUT2D eigenvalue weighted by Crippen LogP contribution is -2.45. The summed E-state index contributed by atoms with van der Waals surface area (Å²) < 4.78 is 51.4. The molecule has 3 atom stereocenters. The smallest absolute Gasteiger partial charge is 0.433 e. The number of nitrogens with zero attached hydrogens (tertiary/aromatic N) is 4. The number of oxazole rings is 1. The summed E-state index contributed by atoms with van der Waals surface area (Å²) in [6.45, 7) is 1.82. The van der Waals surface area contributed by atoms with Crippen LogP contribution in [0.5, 0.6) is 5.75 Å². The molecule has 1 saturated heterocycles. The number of hydrogen-bond acceptors (Lipinski definition) is 8. The zero-order valence-corrected chi connectivity index (χ0v) is 22.4. The van der Waals surface area contributed by atoms with E-state index in [-0.39, 0.29) is 52.4 Å². The number of carbonyl (C=O) groups is 2. The quantitative estimate of drug-likeness (QED) is 0.355. The van der Waals surface area contributed by atoms with Gasteiger partial charge in [0.2, 0.25) is 11.8 Å². The van der Waals surface area contributed by atoms with Crippen molar-refractivity contribution in [2.75, 3.05) is 20.7 Å². The van der Waals surface area contributed by atoms with Gasteiger partial charge in [-0.2, -0.15) is 13.2 Å². The Hall–Kier alpha value is -4.52. The van der Waals surface area contributed by atoms with Crippen molar-refractivity contribution in [1.29, 1.82) is 0 Å². The van der Waals surface area contributed by atoms with Crippen LogP contribution < -0.4 is 15.8 Å². The van der Waals surface area contributed by atoms with Crippen molar-refractivity contribution in [3.8, 4) is 17.2 Å². The van der Waals surface area contributed by atoms with Crippen molar-refractivity contribution in [2.24, 2.45) is 5.73 Å². The van der Waals surface area contributed by atoms with Crippen LogP contribution in [0.4, 0.5) is 13.2 Å². The Bertz CT molecular complexity index is 1610. The van der Waals surface area contributed by atoms with Crippen LogP contribution in [0.25, 0.3) is 22.4 Å². The number of fused-ring (bicyclic) bond motifs is 1. The summed E-state index contributed by atoms with van der Waals surface area (Å²) in [5.74, 6) is -0.925. The average molecular weight is 569 g/mol. The molecule has 214 valence electrons. The van der Waals surface area contributed by atoms with E-state index >= 15 is 0 Å². The molecule has 4 aromatic rings. The Morgan fingerprint density at radius 2 is 1.95 bits per heavy atom. The molecule has 1 fully saturated rings. The van der Waals surface area contributed by atoms with E-state index in [1.165, 1.54) is 31.2 Å². The summed E-state index contributed by atoms with van der Waals surface area (Å²) >= 11 is 0. The van der Waals surface area contributed by atoms with E-state index < -0.39 is 29.9 Å². The number of pyridine rings is 2. The van der Waals surface area contributed by atoms with Crippen LogP contribution in [0.1, 0.15) is 52.9 Å². The highest BCUT2D eigenvalue weighted by Crippen LogP contribution is 2.38. The fraction of sp³-hybridized carbons (Fsp3) is 0.321. The molecule has 41 heavy (non-hydrogen) atoms. The highest BCUT2D eigenvalue weighted by molar-refractivity contribution is 6.00. The summed E-state index contributed by atoms with van der Waals surface area (Å²) in [7, 11) is 2.82. The van der Waals surface area contributed by atoms with E-state index in [9.17, 15) is 22.8 Å². The van der Waals surface area contributed by atoms with Crippen molar-refractivity contribution in [1.82, 2.24) is 25.2 Å². The van der Waals surface area contributed by atoms with Crippen LogP contribution in [-0.4, -0.2) is 58.4 Å². The first kappa shape index (κ1) is 28.0. The predicted octanol–water partition coefficient (Wildman–Crippen LogP) is 4.08. The first-order valence-corrected chi connectivity index (χ1v) is 12.8. The number of rotatable bonds is 6. The number of ether oxygens (including phenoxy) is 1. The first-order valence-electron chi connectivity index (χ1n) is 12.8. The number of hydrogen-bond donors (Lipinski definition) is 2. The number of carbonyl (C=O) groups excluding carboxylic acids is 2. The van der Waals surface area contributed by atoms with Gasteiger partial charge in [0, 0.05) is 42.4 Å². The lowest BCUT2D eigenvalue weighted by atomic mass is 10.0. The summed E-state index contributed by atoms with van der Waals surface area (Å²) in [5.41, 5.74) is 5.97. The molecule has 0 spiro atoms. The monoisotopic (exact) mass is 568 g/mol. The molecular formula is C28H27F3N6O4. The van der Waals surface area contributed by atoms with Gasteiger partial charge in [0.1, 0.15) is 23.0 Å². The SMILES string of the molecule is CNC(=O)[C@@H]1CC(c2ccccn2)CN1C(=O)c1nc(-c2ccc(OC)c3nc(C(F)(F)F)ccc23)oc1[C@H](C)N. The van der Waals surface area contributed by atoms with Gasteiger partial charge in [0.15, 0.2) is 11.5 Å². The maximum atomic E-state index is 13.9. The number of likely N-dealkylation sites (N-methyl/N-ethyl adjacent to an activating group) is 1. The minimum Gasteiger partial charge on any atom is -0.494 e. The average Bonchev–Trinajstić information content (AvgIpc) is 3.61. The number of likely N-dealkylation sites (tertiary alicyclic amines) is 1. The summed E-state index contributed by atoms with van der Waals surface area (Å²) in [4.78, 5) is 40.8. The summed E-state index contributed by atoms with van der Waals surface area (Å²) in [6, 6.07) is 9.02. The molecule has 0 aliphatic carbocycles. The van der Waals surface area contributed by atoms with E-state index in [1.807, 2.05) is 12.1 Å². The second-order valence-corrected chi connectivity index (χ2v) is 9.70. The molecular weight excluding hydrogens is 541 g/mol. The molecule has 3 N–H and O–H groups in total. The Kier molecular flexibility index (Phi) is 7.39. The Labute approximate surface area is 232 Å². The van der Waals surface area contributed by atoms with Crippen molar-refractivity contribution in [3.05, 3.63) is 71.5 Å². The third-order valence-corrected chi connectivity index (χ3v) is 7.05. The molecule has 3 aromatic heterocycles. The summed E-state index contributed by atoms with van der Waals surface area (Å²) in [5, 5.41) is 2.88. The lowest BCUT2D eigenvalue weighted by Gasteiger charge is -2.22. The van der Waals surface area contributed by atoms with Crippen LogP contribution in [0.15, 0.2) is 53.1 Å². The highest BCUT2D eigenvalue weighted by atomic mass is 19.4. The van der Waals surface area contributed by atoms with Crippen LogP contribution >= 0.6 is 0 Å². The number of amides is 2. The highest BCUT2D eigenvalue weighted by Gasteiger charge is 2.42. The summed E-state index contributed by atoms with van der Waals surface area (Å²) in [6.07, 6.45) is -2.65. The van der Waals surface area contributed by atoms with E-state index in [1.54, 1.807) is 25.3 Å². The van der Waals surface area contributed by atoms with Gasteiger partial charge in [0.25, 0.3) is 5.91 Å². The van der Waals surface area contributed by atoms with Gasteiger partial charge in [-0.3, -0.25) is 14.6 Å². The molecule has 13 heteroatoms. The molecule has 1 aliphatic rings. The van der Waals surface area contributed by atoms with Gasteiger partial charge in [0.05, 0.1) is 13.2 Å². The Balaban J connectivity index is 1.58. The topological polar surface area (TPSA) is 136 Å². The minimum absolute atomic E-state index is 0.0353. The molecule has 1 aliphatic heterocycles. The molecule has 1 aromatic carbocycles. The third-order valence-electron chi connectivity index (χ3n) is 7.05. The number of methoxy groups -OCH3 is 1. The van der Waals surface area contributed by atoms with E-state index in [0.717, 1.165) is 11.8 Å². The molecule has 4 heterocycles. The standard InChI is InChI=1S/C28H27F3N6O4/c1-14(32)24-23(27(39)37-13-15(12-19(37)25(38)33-2)18-6-4-5-11-34-18)36-26(41-24)17-7-9-20(40-3)22-16(17)8-10-21(35-22)28(29,30)31/h4-11,14-15,19H,12-13,32H2,1-3H3,(H,33,38)/t14-,15?,19-/m0/s1. The zero-order chi connectivity index (χ0) is 29.5. The zero-order valence-electron chi connectivity index (χ0n) is 22.4. The van der Waals surface area contributed by atoms with Crippen molar-refractivity contribution in [2.45, 2.75) is 37.5 Å². The van der Waals surface area contributed by atoms with Gasteiger partial charge < -0.3 is 25.1 Å². The second-order valence-electron chi connectivity index (χ2n) is 9.70. The van der Waals surface area contributed by atoms with Crippen LogP contribution in [0.2, 0.25) is 0 Å². The fourth-order valence-electron chi connectivity index (χ4n) is 5.05. The van der Waals surface area contributed by atoms with Gasteiger partial charge in [-0.05, 0) is 49.7 Å². The van der Waals surface area contributed by atoms with Gasteiger partial charge in [-0.25, -0.2) is 9.97 Å². The molecule has 5 rings (SSSR count).